The summed E-state index contributed by atoms with van der Waals surface area (Å²) < 4.78 is 25.4. The molecule has 1 nitrogen and oxygen atoms in total. The van der Waals surface area contributed by atoms with Crippen LogP contribution in [-0.2, 0) is 6.54 Å². The molecule has 0 unspecified atom stereocenters. The highest BCUT2D eigenvalue weighted by Crippen LogP contribution is 2.26. The smallest absolute Gasteiger partial charge is 0.159 e. The van der Waals surface area contributed by atoms with Gasteiger partial charge in [-0.2, -0.15) is 0 Å². The van der Waals surface area contributed by atoms with Crippen LogP contribution < -0.4 is 5.32 Å². The highest BCUT2D eigenvalue weighted by molar-refractivity contribution is 5.34. The van der Waals surface area contributed by atoms with Crippen molar-refractivity contribution < 1.29 is 8.78 Å². The van der Waals surface area contributed by atoms with E-state index in [1.54, 1.807) is 0 Å². The highest BCUT2D eigenvalue weighted by atomic mass is 19.2. The Bertz CT molecular complexity index is 323. The van der Waals surface area contributed by atoms with Gasteiger partial charge in [0.25, 0.3) is 0 Å². The van der Waals surface area contributed by atoms with Crippen molar-refractivity contribution in [2.75, 3.05) is 0 Å². The molecule has 1 N–H and O–H groups in total. The number of nitrogens with one attached hydrogen (secondary N) is 1. The number of rotatable bonds is 0. The van der Waals surface area contributed by atoms with Gasteiger partial charge in [-0.25, -0.2) is 8.78 Å². The Labute approximate surface area is 69.4 Å². The third kappa shape index (κ3) is 1.01. The van der Waals surface area contributed by atoms with Crippen molar-refractivity contribution in [1.82, 2.24) is 5.32 Å². The normalized spacial score (nSPS) is 21.1. The molecule has 64 valence electrons. The standard InChI is InChI=1S/C9H9F2N/c1-5-7-3-9(11)8(10)2-6(7)4-12-5/h2-3,5,12H,4H2,1H3/t5-/m0/s1. The topological polar surface area (TPSA) is 12.0 Å². The molecule has 0 amide bonds. The van der Waals surface area contributed by atoms with Gasteiger partial charge in [-0.3, -0.25) is 0 Å². The van der Waals surface area contributed by atoms with Crippen molar-refractivity contribution in [2.45, 2.75) is 19.5 Å². The summed E-state index contributed by atoms with van der Waals surface area (Å²) in [6, 6.07) is 2.67. The van der Waals surface area contributed by atoms with Crippen LogP contribution in [0.1, 0.15) is 24.1 Å². The Morgan fingerprint density at radius 1 is 1.33 bits per heavy atom. The minimum absolute atomic E-state index is 0.134. The lowest BCUT2D eigenvalue weighted by Gasteiger charge is -2.03. The Kier molecular flexibility index (Phi) is 1.61. The predicted octanol–water partition coefficient (Wildman–Crippen LogP) is 2.13. The minimum atomic E-state index is -0.760. The molecule has 1 aromatic rings. The Hall–Kier alpha value is -0.960. The fourth-order valence-corrected chi connectivity index (χ4v) is 1.53. The number of hydrogen-bond donors (Lipinski definition) is 1. The molecule has 0 fully saturated rings. The molecule has 3 heteroatoms. The largest absolute Gasteiger partial charge is 0.306 e. The van der Waals surface area contributed by atoms with Crippen LogP contribution in [0.15, 0.2) is 12.1 Å². The average Bonchev–Trinajstić information content (AvgIpc) is 2.35. The highest BCUT2D eigenvalue weighted by Gasteiger charge is 2.19. The zero-order valence-corrected chi connectivity index (χ0v) is 6.70. The van der Waals surface area contributed by atoms with Crippen molar-refractivity contribution in [3.8, 4) is 0 Å². The first kappa shape index (κ1) is 7.68. The molecule has 1 aromatic carbocycles. The summed E-state index contributed by atoms with van der Waals surface area (Å²) in [5.41, 5.74) is 1.73. The van der Waals surface area contributed by atoms with E-state index in [1.165, 1.54) is 12.1 Å². The van der Waals surface area contributed by atoms with Crippen LogP contribution in [0.3, 0.4) is 0 Å². The number of fused-ring (bicyclic) bond motifs is 1. The van der Waals surface area contributed by atoms with Gasteiger partial charge in [0.05, 0.1) is 0 Å². The Morgan fingerprint density at radius 3 is 2.75 bits per heavy atom. The second kappa shape index (κ2) is 2.52. The summed E-state index contributed by atoms with van der Waals surface area (Å²) in [6.07, 6.45) is 0. The van der Waals surface area contributed by atoms with E-state index in [0.29, 0.717) is 6.54 Å². The number of benzene rings is 1. The third-order valence-corrected chi connectivity index (χ3v) is 2.25. The summed E-state index contributed by atoms with van der Waals surface area (Å²) in [4.78, 5) is 0. The van der Waals surface area contributed by atoms with Crippen molar-refractivity contribution in [3.63, 3.8) is 0 Å². The lowest BCUT2D eigenvalue weighted by Crippen LogP contribution is -2.06. The summed E-state index contributed by atoms with van der Waals surface area (Å²) in [5, 5.41) is 3.11. The van der Waals surface area contributed by atoms with E-state index >= 15 is 0 Å². The van der Waals surface area contributed by atoms with Gasteiger partial charge >= 0.3 is 0 Å². The molecule has 0 radical (unpaired) electrons. The van der Waals surface area contributed by atoms with Gasteiger partial charge in [0.15, 0.2) is 11.6 Å². The molecule has 12 heavy (non-hydrogen) atoms. The van der Waals surface area contributed by atoms with Crippen LogP contribution >= 0.6 is 0 Å². The molecule has 1 atom stereocenters. The monoisotopic (exact) mass is 169 g/mol. The number of hydrogen-bond acceptors (Lipinski definition) is 1. The van der Waals surface area contributed by atoms with E-state index < -0.39 is 11.6 Å². The molecule has 0 bridgehead atoms. The van der Waals surface area contributed by atoms with Crippen LogP contribution in [0.4, 0.5) is 8.78 Å². The average molecular weight is 169 g/mol. The van der Waals surface area contributed by atoms with Crippen molar-refractivity contribution in [3.05, 3.63) is 34.9 Å². The fraction of sp³-hybridized carbons (Fsp3) is 0.333. The maximum absolute atomic E-state index is 12.7. The van der Waals surface area contributed by atoms with Crippen LogP contribution in [0.25, 0.3) is 0 Å². The van der Waals surface area contributed by atoms with Crippen molar-refractivity contribution in [1.29, 1.82) is 0 Å². The maximum Gasteiger partial charge on any atom is 0.159 e. The second-order valence-electron chi connectivity index (χ2n) is 3.07. The predicted molar refractivity (Wildman–Crippen MR) is 41.6 cm³/mol. The van der Waals surface area contributed by atoms with Gasteiger partial charge in [0, 0.05) is 12.6 Å². The molecular weight excluding hydrogens is 160 g/mol. The van der Waals surface area contributed by atoms with Crippen LogP contribution in [-0.4, -0.2) is 0 Å². The Morgan fingerprint density at radius 2 is 2.00 bits per heavy atom. The van der Waals surface area contributed by atoms with Gasteiger partial charge < -0.3 is 5.32 Å². The molecule has 1 aliphatic heterocycles. The summed E-state index contributed by atoms with van der Waals surface area (Å²) >= 11 is 0. The van der Waals surface area contributed by atoms with Gasteiger partial charge in [0.2, 0.25) is 0 Å². The van der Waals surface area contributed by atoms with Gasteiger partial charge in [-0.1, -0.05) is 0 Å². The molecular formula is C9H9F2N. The van der Waals surface area contributed by atoms with Gasteiger partial charge in [0.1, 0.15) is 0 Å². The first-order valence-electron chi connectivity index (χ1n) is 3.89. The van der Waals surface area contributed by atoms with Gasteiger partial charge in [-0.15, -0.1) is 0 Å². The molecule has 1 aliphatic rings. The molecule has 0 saturated carbocycles. The second-order valence-corrected chi connectivity index (χ2v) is 3.07. The van der Waals surface area contributed by atoms with E-state index in [-0.39, 0.29) is 6.04 Å². The van der Waals surface area contributed by atoms with Crippen LogP contribution in [0.5, 0.6) is 0 Å². The van der Waals surface area contributed by atoms with Crippen molar-refractivity contribution >= 4 is 0 Å². The van der Waals surface area contributed by atoms with Crippen molar-refractivity contribution in [2.24, 2.45) is 0 Å². The lowest BCUT2D eigenvalue weighted by molar-refractivity contribution is 0.506. The SMILES string of the molecule is C[C@@H]1NCc2cc(F)c(F)cc21. The molecule has 0 spiro atoms. The quantitative estimate of drug-likeness (QED) is 0.627. The zero-order valence-electron chi connectivity index (χ0n) is 6.70. The van der Waals surface area contributed by atoms with E-state index in [0.717, 1.165) is 11.1 Å². The first-order chi connectivity index (χ1) is 5.68. The Balaban J connectivity index is 2.56. The third-order valence-electron chi connectivity index (χ3n) is 2.25. The summed E-state index contributed by atoms with van der Waals surface area (Å²) in [7, 11) is 0. The zero-order chi connectivity index (χ0) is 8.72. The maximum atomic E-state index is 12.7. The van der Waals surface area contributed by atoms with E-state index in [2.05, 4.69) is 5.32 Å². The van der Waals surface area contributed by atoms with Gasteiger partial charge in [-0.05, 0) is 30.2 Å². The first-order valence-corrected chi connectivity index (χ1v) is 3.89. The minimum Gasteiger partial charge on any atom is -0.306 e. The van der Waals surface area contributed by atoms with E-state index in [4.69, 9.17) is 0 Å². The summed E-state index contributed by atoms with van der Waals surface area (Å²) in [6.45, 7) is 2.57. The van der Waals surface area contributed by atoms with Crippen LogP contribution in [0.2, 0.25) is 0 Å². The number of halogens is 2. The summed E-state index contributed by atoms with van der Waals surface area (Å²) in [5.74, 6) is -1.52. The lowest BCUT2D eigenvalue weighted by atomic mass is 10.1. The molecule has 2 rings (SSSR count). The van der Waals surface area contributed by atoms with E-state index in [9.17, 15) is 8.78 Å². The fourth-order valence-electron chi connectivity index (χ4n) is 1.53. The molecule has 0 aromatic heterocycles. The molecule has 0 aliphatic carbocycles. The van der Waals surface area contributed by atoms with E-state index in [1.807, 2.05) is 6.92 Å². The molecule has 0 saturated heterocycles. The van der Waals surface area contributed by atoms with Crippen LogP contribution in [0, 0.1) is 11.6 Å². The molecule has 1 heterocycles.